The van der Waals surface area contributed by atoms with Crippen molar-refractivity contribution in [2.45, 2.75) is 57.7 Å². The molecule has 0 fully saturated rings. The van der Waals surface area contributed by atoms with E-state index in [1.165, 1.54) is 4.88 Å². The van der Waals surface area contributed by atoms with Crippen molar-refractivity contribution in [2.24, 2.45) is 5.92 Å². The van der Waals surface area contributed by atoms with E-state index in [2.05, 4.69) is 31.1 Å². The van der Waals surface area contributed by atoms with Crippen LogP contribution >= 0.6 is 23.1 Å². The van der Waals surface area contributed by atoms with Crippen LogP contribution in [0.1, 0.15) is 43.6 Å². The van der Waals surface area contributed by atoms with Crippen LogP contribution in [0.3, 0.4) is 0 Å². The molecule has 0 aliphatic heterocycles. The van der Waals surface area contributed by atoms with Crippen molar-refractivity contribution in [3.05, 3.63) is 33.4 Å². The van der Waals surface area contributed by atoms with E-state index in [4.69, 9.17) is 4.98 Å². The molecule has 162 valence electrons. The standard InChI is InChI=1S/C21H28N4O3S2/c1-4-11-25-19(27)17-14-7-5-6-8-15(14)30-18(17)24-21(25)29-12-16(26)23-20(28)22-10-9-13(2)3/h4,13H,1,5-12H2,2-3H3,(H2,22,23,26,28). The van der Waals surface area contributed by atoms with Crippen LogP contribution in [0.15, 0.2) is 22.6 Å². The van der Waals surface area contributed by atoms with Gasteiger partial charge in [0.05, 0.1) is 11.1 Å². The molecular weight excluding hydrogens is 420 g/mol. The molecule has 3 rings (SSSR count). The molecule has 2 aromatic heterocycles. The fourth-order valence-electron chi connectivity index (χ4n) is 3.43. The van der Waals surface area contributed by atoms with E-state index in [9.17, 15) is 14.4 Å². The maximum absolute atomic E-state index is 13.2. The number of thioether (sulfide) groups is 1. The Morgan fingerprint density at radius 1 is 1.33 bits per heavy atom. The molecule has 2 N–H and O–H groups in total. The highest BCUT2D eigenvalue weighted by Crippen LogP contribution is 2.34. The number of carbonyl (C=O) groups is 2. The summed E-state index contributed by atoms with van der Waals surface area (Å²) in [6, 6.07) is -0.501. The number of aromatic nitrogens is 2. The van der Waals surface area contributed by atoms with Gasteiger partial charge in [-0.1, -0.05) is 31.7 Å². The fraction of sp³-hybridized carbons (Fsp3) is 0.524. The van der Waals surface area contributed by atoms with Crippen molar-refractivity contribution in [3.63, 3.8) is 0 Å². The Labute approximate surface area is 184 Å². The number of nitrogens with one attached hydrogen (secondary N) is 2. The maximum atomic E-state index is 13.2. The lowest BCUT2D eigenvalue weighted by Crippen LogP contribution is -2.41. The van der Waals surface area contributed by atoms with Gasteiger partial charge in [-0.25, -0.2) is 9.78 Å². The topological polar surface area (TPSA) is 93.1 Å². The molecule has 2 aromatic rings. The second-order valence-corrected chi connectivity index (χ2v) is 9.79. The largest absolute Gasteiger partial charge is 0.338 e. The molecule has 3 amide bonds. The third-order valence-corrected chi connectivity index (χ3v) is 7.11. The zero-order valence-corrected chi connectivity index (χ0v) is 19.1. The molecule has 0 saturated heterocycles. The van der Waals surface area contributed by atoms with Crippen LogP contribution in [-0.2, 0) is 24.2 Å². The highest BCUT2D eigenvalue weighted by atomic mass is 32.2. The molecule has 0 atom stereocenters. The molecule has 0 radical (unpaired) electrons. The van der Waals surface area contributed by atoms with E-state index in [1.54, 1.807) is 22.0 Å². The quantitative estimate of drug-likeness (QED) is 0.366. The van der Waals surface area contributed by atoms with Gasteiger partial charge >= 0.3 is 6.03 Å². The highest BCUT2D eigenvalue weighted by molar-refractivity contribution is 7.99. The molecule has 1 aliphatic rings. The van der Waals surface area contributed by atoms with Gasteiger partial charge in [0.1, 0.15) is 4.83 Å². The Kier molecular flexibility index (Phi) is 7.71. The summed E-state index contributed by atoms with van der Waals surface area (Å²) >= 11 is 2.74. The minimum Gasteiger partial charge on any atom is -0.338 e. The molecule has 0 saturated carbocycles. The molecule has 0 bridgehead atoms. The van der Waals surface area contributed by atoms with Gasteiger partial charge in [-0.3, -0.25) is 19.5 Å². The van der Waals surface area contributed by atoms with Crippen molar-refractivity contribution in [2.75, 3.05) is 12.3 Å². The Hall–Kier alpha value is -2.13. The van der Waals surface area contributed by atoms with Gasteiger partial charge in [0.15, 0.2) is 5.16 Å². The van der Waals surface area contributed by atoms with Crippen molar-refractivity contribution in [1.29, 1.82) is 0 Å². The summed E-state index contributed by atoms with van der Waals surface area (Å²) in [6.45, 7) is 8.72. The summed E-state index contributed by atoms with van der Waals surface area (Å²) < 4.78 is 1.57. The van der Waals surface area contributed by atoms with Crippen molar-refractivity contribution in [3.8, 4) is 0 Å². The SMILES string of the molecule is C=CCn1c(SCC(=O)NC(=O)NCCC(C)C)nc2sc3c(c2c1=O)CCCC3. The number of imide groups is 1. The molecule has 9 heteroatoms. The molecule has 0 unspecified atom stereocenters. The first-order valence-corrected chi connectivity index (χ1v) is 12.1. The fourth-order valence-corrected chi connectivity index (χ4v) is 5.54. The second kappa shape index (κ2) is 10.3. The normalized spacial score (nSPS) is 13.3. The summed E-state index contributed by atoms with van der Waals surface area (Å²) in [5, 5.41) is 6.19. The lowest BCUT2D eigenvalue weighted by atomic mass is 9.97. The number of carbonyl (C=O) groups excluding carboxylic acids is 2. The highest BCUT2D eigenvalue weighted by Gasteiger charge is 2.22. The van der Waals surface area contributed by atoms with Crippen LogP contribution in [0.2, 0.25) is 0 Å². The van der Waals surface area contributed by atoms with Crippen LogP contribution in [0, 0.1) is 5.92 Å². The van der Waals surface area contributed by atoms with Gasteiger partial charge in [-0.05, 0) is 43.6 Å². The lowest BCUT2D eigenvalue weighted by Gasteiger charge is -2.12. The van der Waals surface area contributed by atoms with Crippen molar-refractivity contribution in [1.82, 2.24) is 20.2 Å². The number of rotatable bonds is 8. The van der Waals surface area contributed by atoms with Gasteiger partial charge in [0.25, 0.3) is 5.56 Å². The predicted octanol–water partition coefficient (Wildman–Crippen LogP) is 3.49. The molecule has 2 heterocycles. The molecule has 30 heavy (non-hydrogen) atoms. The van der Waals surface area contributed by atoms with Crippen molar-refractivity contribution >= 4 is 45.3 Å². The van der Waals surface area contributed by atoms with E-state index in [0.29, 0.717) is 24.2 Å². The third-order valence-electron chi connectivity index (χ3n) is 4.94. The van der Waals surface area contributed by atoms with Crippen molar-refractivity contribution < 1.29 is 9.59 Å². The number of fused-ring (bicyclic) bond motifs is 3. The van der Waals surface area contributed by atoms with Crippen LogP contribution < -0.4 is 16.2 Å². The zero-order valence-electron chi connectivity index (χ0n) is 17.5. The first-order chi connectivity index (χ1) is 14.4. The smallest absolute Gasteiger partial charge is 0.321 e. The Bertz CT molecular complexity index is 1010. The minimum atomic E-state index is -0.501. The molecular formula is C21H28N4O3S2. The molecule has 1 aliphatic carbocycles. The van der Waals surface area contributed by atoms with Gasteiger partial charge < -0.3 is 5.32 Å². The number of allylic oxidation sites excluding steroid dienone is 1. The van der Waals surface area contributed by atoms with Crippen LogP contribution in [0.5, 0.6) is 0 Å². The van der Waals surface area contributed by atoms with E-state index < -0.39 is 11.9 Å². The number of hydrogen-bond acceptors (Lipinski definition) is 6. The van der Waals surface area contributed by atoms with Gasteiger partial charge in [0.2, 0.25) is 5.91 Å². The summed E-state index contributed by atoms with van der Waals surface area (Å²) in [5.74, 6) is 0.0479. The summed E-state index contributed by atoms with van der Waals surface area (Å²) in [7, 11) is 0. The predicted molar refractivity (Wildman–Crippen MR) is 122 cm³/mol. The summed E-state index contributed by atoms with van der Waals surface area (Å²) in [4.78, 5) is 43.9. The van der Waals surface area contributed by atoms with E-state index in [1.807, 2.05) is 0 Å². The van der Waals surface area contributed by atoms with Crippen LogP contribution in [0.25, 0.3) is 10.2 Å². The monoisotopic (exact) mass is 448 g/mol. The number of nitrogens with zero attached hydrogens (tertiary/aromatic N) is 2. The lowest BCUT2D eigenvalue weighted by molar-refractivity contribution is -0.117. The number of aryl methyl sites for hydroxylation is 2. The van der Waals surface area contributed by atoms with E-state index in [-0.39, 0.29) is 11.3 Å². The summed E-state index contributed by atoms with van der Waals surface area (Å²) in [5.41, 5.74) is 1.07. The average Bonchev–Trinajstić information content (AvgIpc) is 3.07. The van der Waals surface area contributed by atoms with Gasteiger partial charge in [-0.15, -0.1) is 17.9 Å². The maximum Gasteiger partial charge on any atom is 0.321 e. The third kappa shape index (κ3) is 5.31. The Balaban J connectivity index is 1.73. The first-order valence-electron chi connectivity index (χ1n) is 10.3. The van der Waals surface area contributed by atoms with Crippen LogP contribution in [-0.4, -0.2) is 33.8 Å². The second-order valence-electron chi connectivity index (χ2n) is 7.77. The number of urea groups is 1. The Morgan fingerprint density at radius 2 is 2.10 bits per heavy atom. The van der Waals surface area contributed by atoms with Crippen LogP contribution in [0.4, 0.5) is 4.79 Å². The Morgan fingerprint density at radius 3 is 2.83 bits per heavy atom. The minimum absolute atomic E-state index is 0.00220. The average molecular weight is 449 g/mol. The molecule has 0 spiro atoms. The first kappa shape index (κ1) is 22.6. The number of amides is 3. The molecule has 7 nitrogen and oxygen atoms in total. The van der Waals surface area contributed by atoms with E-state index in [0.717, 1.165) is 59.6 Å². The van der Waals surface area contributed by atoms with Gasteiger partial charge in [-0.2, -0.15) is 0 Å². The van der Waals surface area contributed by atoms with Gasteiger partial charge in [0, 0.05) is 18.0 Å². The summed E-state index contributed by atoms with van der Waals surface area (Å²) in [6.07, 6.45) is 6.64. The van der Waals surface area contributed by atoms with E-state index >= 15 is 0 Å². The number of thiophene rings is 1. The zero-order chi connectivity index (χ0) is 21.7. The number of hydrogen-bond donors (Lipinski definition) is 2. The molecule has 0 aromatic carbocycles.